The van der Waals surface area contributed by atoms with Crippen molar-refractivity contribution >= 4 is 34.0 Å². The summed E-state index contributed by atoms with van der Waals surface area (Å²) in [5, 5.41) is 9.98. The molecule has 0 aromatic carbocycles. The molecule has 0 N–H and O–H groups in total. The first-order valence-corrected chi connectivity index (χ1v) is 5.04. The maximum atomic E-state index is 5.90. The summed E-state index contributed by atoms with van der Waals surface area (Å²) in [7, 11) is 0. The second-order valence-electron chi connectivity index (χ2n) is 3.41. The molecule has 2 heterocycles. The average molecular weight is 230 g/mol. The molecule has 0 atom stereocenters. The van der Waals surface area contributed by atoms with E-state index in [-0.39, 0.29) is 0 Å². The molecule has 3 nitrogen and oxygen atoms in total. The molecular weight excluding hydrogens is 221 g/mol. The van der Waals surface area contributed by atoms with Gasteiger partial charge in [0, 0.05) is 29.2 Å². The van der Waals surface area contributed by atoms with Crippen LogP contribution in [0.2, 0.25) is 10.3 Å². The monoisotopic (exact) mass is 229 g/mol. The van der Waals surface area contributed by atoms with Gasteiger partial charge in [-0.3, -0.25) is 0 Å². The molecule has 2 rings (SSSR count). The number of halogens is 2. The molecule has 0 unspecified atom stereocenters. The SMILES string of the molecule is CC(C)n1cc2c(Cl)nnc(Cl)c2c1. The smallest absolute Gasteiger partial charge is 0.161 e. The first kappa shape index (κ1) is 9.74. The molecular formula is C9H9Cl2N3. The average Bonchev–Trinajstić information content (AvgIpc) is 2.57. The Labute approximate surface area is 91.6 Å². The van der Waals surface area contributed by atoms with Crippen molar-refractivity contribution in [1.29, 1.82) is 0 Å². The number of hydrogen-bond acceptors (Lipinski definition) is 2. The molecule has 0 saturated heterocycles. The molecule has 2 aromatic heterocycles. The highest BCUT2D eigenvalue weighted by atomic mass is 35.5. The van der Waals surface area contributed by atoms with Crippen molar-refractivity contribution in [3.05, 3.63) is 22.7 Å². The maximum absolute atomic E-state index is 5.90. The molecule has 5 heteroatoms. The number of aromatic nitrogens is 3. The Morgan fingerprint density at radius 2 is 1.50 bits per heavy atom. The molecule has 0 amide bonds. The van der Waals surface area contributed by atoms with Crippen LogP contribution in [0.4, 0.5) is 0 Å². The van der Waals surface area contributed by atoms with E-state index in [1.165, 1.54) is 0 Å². The number of fused-ring (bicyclic) bond motifs is 1. The summed E-state index contributed by atoms with van der Waals surface area (Å²) in [6.07, 6.45) is 3.87. The van der Waals surface area contributed by atoms with E-state index in [9.17, 15) is 0 Å². The first-order valence-electron chi connectivity index (χ1n) is 4.28. The Balaban J connectivity index is 2.75. The van der Waals surface area contributed by atoms with Crippen LogP contribution < -0.4 is 0 Å². The molecule has 74 valence electrons. The Kier molecular flexibility index (Phi) is 2.37. The zero-order chi connectivity index (χ0) is 10.3. The summed E-state index contributed by atoms with van der Waals surface area (Å²) in [5.41, 5.74) is 0. The minimum atomic E-state index is 0.370. The maximum Gasteiger partial charge on any atom is 0.161 e. The molecule has 0 radical (unpaired) electrons. The predicted molar refractivity (Wildman–Crippen MR) is 57.9 cm³/mol. The Hall–Kier alpha value is -0.800. The van der Waals surface area contributed by atoms with Crippen LogP contribution in [0.1, 0.15) is 19.9 Å². The highest BCUT2D eigenvalue weighted by Gasteiger charge is 2.10. The molecule has 0 spiro atoms. The van der Waals surface area contributed by atoms with E-state index in [0.717, 1.165) is 10.8 Å². The van der Waals surface area contributed by atoms with E-state index in [1.54, 1.807) is 0 Å². The van der Waals surface area contributed by atoms with E-state index in [0.29, 0.717) is 16.3 Å². The number of rotatable bonds is 1. The van der Waals surface area contributed by atoms with Gasteiger partial charge in [0.05, 0.1) is 0 Å². The standard InChI is InChI=1S/C9H9Cl2N3/c1-5(2)14-3-6-7(4-14)9(11)13-12-8(6)10/h3-5H,1-2H3. The van der Waals surface area contributed by atoms with Gasteiger partial charge >= 0.3 is 0 Å². The molecule has 2 aromatic rings. The van der Waals surface area contributed by atoms with Crippen LogP contribution in [0, 0.1) is 0 Å². The largest absolute Gasteiger partial charge is 0.350 e. The van der Waals surface area contributed by atoms with Crippen LogP contribution in [-0.2, 0) is 0 Å². The van der Waals surface area contributed by atoms with E-state index in [1.807, 2.05) is 17.0 Å². The third kappa shape index (κ3) is 1.47. The summed E-state index contributed by atoms with van der Waals surface area (Å²) in [4.78, 5) is 0. The van der Waals surface area contributed by atoms with Gasteiger partial charge in [-0.15, -0.1) is 10.2 Å². The van der Waals surface area contributed by atoms with Crippen LogP contribution in [0.5, 0.6) is 0 Å². The Morgan fingerprint density at radius 3 is 1.86 bits per heavy atom. The summed E-state index contributed by atoms with van der Waals surface area (Å²) < 4.78 is 2.03. The van der Waals surface area contributed by atoms with Crippen molar-refractivity contribution in [2.75, 3.05) is 0 Å². The molecule has 0 aliphatic carbocycles. The zero-order valence-electron chi connectivity index (χ0n) is 7.83. The van der Waals surface area contributed by atoms with E-state index < -0.39 is 0 Å². The molecule has 0 aliphatic heterocycles. The third-order valence-corrected chi connectivity index (χ3v) is 2.67. The first-order chi connectivity index (χ1) is 6.59. The zero-order valence-corrected chi connectivity index (χ0v) is 9.34. The Bertz CT molecular complexity index is 437. The minimum Gasteiger partial charge on any atom is -0.350 e. The normalized spacial score (nSPS) is 11.5. The molecule has 0 fully saturated rings. The van der Waals surface area contributed by atoms with Gasteiger partial charge in [0.25, 0.3) is 0 Å². The quantitative estimate of drug-likeness (QED) is 0.752. The lowest BCUT2D eigenvalue weighted by Crippen LogP contribution is -1.95. The second kappa shape index (κ2) is 3.41. The lowest BCUT2D eigenvalue weighted by molar-refractivity contribution is 0.606. The van der Waals surface area contributed by atoms with Crippen LogP contribution in [0.3, 0.4) is 0 Å². The lowest BCUT2D eigenvalue weighted by Gasteiger charge is -2.04. The number of hydrogen-bond donors (Lipinski definition) is 0. The molecule has 14 heavy (non-hydrogen) atoms. The summed E-state index contributed by atoms with van der Waals surface area (Å²) in [6, 6.07) is 0.370. The van der Waals surface area contributed by atoms with Gasteiger partial charge in [0.15, 0.2) is 10.3 Å². The molecule has 0 bridgehead atoms. The fraction of sp³-hybridized carbons (Fsp3) is 0.333. The summed E-state index contributed by atoms with van der Waals surface area (Å²) in [6.45, 7) is 4.17. The van der Waals surface area contributed by atoms with E-state index in [4.69, 9.17) is 23.2 Å². The van der Waals surface area contributed by atoms with Crippen LogP contribution in [0.25, 0.3) is 10.8 Å². The topological polar surface area (TPSA) is 30.7 Å². The van der Waals surface area contributed by atoms with Crippen molar-refractivity contribution in [3.63, 3.8) is 0 Å². The predicted octanol–water partition coefficient (Wildman–Crippen LogP) is 3.32. The van der Waals surface area contributed by atoms with Gasteiger partial charge in [-0.1, -0.05) is 23.2 Å². The highest BCUT2D eigenvalue weighted by molar-refractivity contribution is 6.38. The van der Waals surface area contributed by atoms with Crippen molar-refractivity contribution in [1.82, 2.24) is 14.8 Å². The van der Waals surface area contributed by atoms with Crippen LogP contribution in [-0.4, -0.2) is 14.8 Å². The van der Waals surface area contributed by atoms with Gasteiger partial charge in [0.2, 0.25) is 0 Å². The highest BCUT2D eigenvalue weighted by Crippen LogP contribution is 2.27. The number of nitrogens with zero attached hydrogens (tertiary/aromatic N) is 3. The van der Waals surface area contributed by atoms with Crippen molar-refractivity contribution < 1.29 is 0 Å². The minimum absolute atomic E-state index is 0.370. The van der Waals surface area contributed by atoms with Crippen LogP contribution in [0.15, 0.2) is 12.4 Å². The van der Waals surface area contributed by atoms with Crippen molar-refractivity contribution in [2.24, 2.45) is 0 Å². The lowest BCUT2D eigenvalue weighted by atomic mass is 10.3. The molecule has 0 saturated carbocycles. The van der Waals surface area contributed by atoms with E-state index >= 15 is 0 Å². The van der Waals surface area contributed by atoms with E-state index in [2.05, 4.69) is 24.0 Å². The third-order valence-electron chi connectivity index (χ3n) is 2.11. The summed E-state index contributed by atoms with van der Waals surface area (Å²) in [5.74, 6) is 0. The van der Waals surface area contributed by atoms with Crippen LogP contribution >= 0.6 is 23.2 Å². The molecule has 0 aliphatic rings. The van der Waals surface area contributed by atoms with Gasteiger partial charge in [-0.05, 0) is 13.8 Å². The van der Waals surface area contributed by atoms with Gasteiger partial charge in [-0.25, -0.2) is 0 Å². The van der Waals surface area contributed by atoms with Gasteiger partial charge in [-0.2, -0.15) is 0 Å². The van der Waals surface area contributed by atoms with Crippen molar-refractivity contribution in [2.45, 2.75) is 19.9 Å². The summed E-state index contributed by atoms with van der Waals surface area (Å²) >= 11 is 11.8. The fourth-order valence-electron chi connectivity index (χ4n) is 1.30. The van der Waals surface area contributed by atoms with Gasteiger partial charge in [0.1, 0.15) is 0 Å². The van der Waals surface area contributed by atoms with Crippen molar-refractivity contribution in [3.8, 4) is 0 Å². The van der Waals surface area contributed by atoms with Gasteiger partial charge < -0.3 is 4.57 Å². The fourth-order valence-corrected chi connectivity index (χ4v) is 1.67. The second-order valence-corrected chi connectivity index (χ2v) is 4.12. The Morgan fingerprint density at radius 1 is 1.07 bits per heavy atom.